The molecule has 0 bridgehead atoms. The SMILES string of the molecule is CCOC(=O)CN(C)C(=O)c1cnc(Cl)cn1. The number of halogens is 1. The monoisotopic (exact) mass is 257 g/mol. The van der Waals surface area contributed by atoms with Gasteiger partial charge in [-0.25, -0.2) is 9.97 Å². The standard InChI is InChI=1S/C10H12ClN3O3/c1-3-17-9(15)6-14(2)10(16)7-4-13-8(11)5-12-7/h4-5H,3,6H2,1-2H3. The van der Waals surface area contributed by atoms with Crippen LogP contribution in [0, 0.1) is 0 Å². The second-order valence-electron chi connectivity index (χ2n) is 3.19. The van der Waals surface area contributed by atoms with Gasteiger partial charge in [0.2, 0.25) is 0 Å². The largest absolute Gasteiger partial charge is 0.465 e. The lowest BCUT2D eigenvalue weighted by atomic mass is 10.4. The van der Waals surface area contributed by atoms with Crippen molar-refractivity contribution in [1.82, 2.24) is 14.9 Å². The van der Waals surface area contributed by atoms with Crippen LogP contribution in [-0.4, -0.2) is 46.9 Å². The van der Waals surface area contributed by atoms with Crippen molar-refractivity contribution in [1.29, 1.82) is 0 Å². The molecular formula is C10H12ClN3O3. The maximum absolute atomic E-state index is 11.8. The van der Waals surface area contributed by atoms with Crippen LogP contribution in [-0.2, 0) is 9.53 Å². The van der Waals surface area contributed by atoms with Crippen LogP contribution in [0.1, 0.15) is 17.4 Å². The van der Waals surface area contributed by atoms with E-state index in [2.05, 4.69) is 9.97 Å². The zero-order chi connectivity index (χ0) is 12.8. The summed E-state index contributed by atoms with van der Waals surface area (Å²) in [4.78, 5) is 31.7. The van der Waals surface area contributed by atoms with Crippen LogP contribution in [0.2, 0.25) is 5.15 Å². The van der Waals surface area contributed by atoms with Crippen molar-refractivity contribution in [3.05, 3.63) is 23.2 Å². The van der Waals surface area contributed by atoms with E-state index in [-0.39, 0.29) is 24.0 Å². The van der Waals surface area contributed by atoms with Gasteiger partial charge in [-0.2, -0.15) is 0 Å². The van der Waals surface area contributed by atoms with Gasteiger partial charge < -0.3 is 9.64 Å². The molecule has 0 aliphatic carbocycles. The van der Waals surface area contributed by atoms with Crippen molar-refractivity contribution in [2.75, 3.05) is 20.2 Å². The topological polar surface area (TPSA) is 72.4 Å². The number of nitrogens with zero attached hydrogens (tertiary/aromatic N) is 3. The van der Waals surface area contributed by atoms with E-state index in [9.17, 15) is 9.59 Å². The van der Waals surface area contributed by atoms with Crippen molar-refractivity contribution in [2.24, 2.45) is 0 Å². The first-order chi connectivity index (χ1) is 8.04. The predicted molar refractivity (Wildman–Crippen MR) is 60.6 cm³/mol. The molecule has 0 spiro atoms. The summed E-state index contributed by atoms with van der Waals surface area (Å²) in [6.45, 7) is 1.85. The maximum atomic E-state index is 11.8. The summed E-state index contributed by atoms with van der Waals surface area (Å²) < 4.78 is 4.73. The summed E-state index contributed by atoms with van der Waals surface area (Å²) in [6.07, 6.45) is 2.53. The van der Waals surface area contributed by atoms with E-state index >= 15 is 0 Å². The van der Waals surface area contributed by atoms with Gasteiger partial charge in [-0.1, -0.05) is 11.6 Å². The van der Waals surface area contributed by atoms with Gasteiger partial charge in [-0.15, -0.1) is 0 Å². The highest BCUT2D eigenvalue weighted by molar-refractivity contribution is 6.29. The Kier molecular flexibility index (Phi) is 4.84. The van der Waals surface area contributed by atoms with E-state index < -0.39 is 11.9 Å². The van der Waals surface area contributed by atoms with E-state index in [1.807, 2.05) is 0 Å². The second kappa shape index (κ2) is 6.15. The first-order valence-corrected chi connectivity index (χ1v) is 5.31. The van der Waals surface area contributed by atoms with Crippen LogP contribution in [0.15, 0.2) is 12.4 Å². The zero-order valence-electron chi connectivity index (χ0n) is 9.51. The van der Waals surface area contributed by atoms with Crippen LogP contribution in [0.25, 0.3) is 0 Å². The Morgan fingerprint density at radius 3 is 2.65 bits per heavy atom. The van der Waals surface area contributed by atoms with E-state index in [0.717, 1.165) is 0 Å². The van der Waals surface area contributed by atoms with Gasteiger partial charge in [0.05, 0.1) is 19.0 Å². The Bertz CT molecular complexity index is 408. The third kappa shape index (κ3) is 3.99. The number of hydrogen-bond acceptors (Lipinski definition) is 5. The number of rotatable bonds is 4. The molecule has 0 N–H and O–H groups in total. The third-order valence-electron chi connectivity index (χ3n) is 1.86. The number of carbonyl (C=O) groups excluding carboxylic acids is 2. The van der Waals surface area contributed by atoms with Gasteiger partial charge in [-0.05, 0) is 6.92 Å². The number of amides is 1. The molecule has 0 unspecified atom stereocenters. The third-order valence-corrected chi connectivity index (χ3v) is 2.05. The molecule has 1 amide bonds. The molecule has 92 valence electrons. The fraction of sp³-hybridized carbons (Fsp3) is 0.400. The molecule has 0 aliphatic heterocycles. The lowest BCUT2D eigenvalue weighted by Crippen LogP contribution is -2.33. The summed E-state index contributed by atoms with van der Waals surface area (Å²) in [5.74, 6) is -0.882. The summed E-state index contributed by atoms with van der Waals surface area (Å²) >= 11 is 5.55. The quantitative estimate of drug-likeness (QED) is 0.745. The minimum absolute atomic E-state index is 0.126. The van der Waals surface area contributed by atoms with Crippen molar-refractivity contribution in [3.63, 3.8) is 0 Å². The average molecular weight is 258 g/mol. The normalized spacial score (nSPS) is 9.82. The van der Waals surface area contributed by atoms with E-state index in [0.29, 0.717) is 0 Å². The molecule has 0 atom stereocenters. The van der Waals surface area contributed by atoms with Crippen molar-refractivity contribution < 1.29 is 14.3 Å². The second-order valence-corrected chi connectivity index (χ2v) is 3.58. The number of ether oxygens (including phenoxy) is 1. The molecule has 0 aromatic carbocycles. The Labute approximate surface area is 104 Å². The molecule has 1 heterocycles. The van der Waals surface area contributed by atoms with E-state index in [1.54, 1.807) is 6.92 Å². The molecule has 0 fully saturated rings. The van der Waals surface area contributed by atoms with Crippen LogP contribution in [0.3, 0.4) is 0 Å². The van der Waals surface area contributed by atoms with Crippen LogP contribution in [0.5, 0.6) is 0 Å². The number of aromatic nitrogens is 2. The Balaban J connectivity index is 2.63. The molecule has 1 aromatic rings. The van der Waals surface area contributed by atoms with Crippen LogP contribution >= 0.6 is 11.6 Å². The zero-order valence-corrected chi connectivity index (χ0v) is 10.3. The summed E-state index contributed by atoms with van der Waals surface area (Å²) in [5.41, 5.74) is 0.126. The number of hydrogen-bond donors (Lipinski definition) is 0. The molecule has 0 aliphatic rings. The fourth-order valence-electron chi connectivity index (χ4n) is 1.09. The number of carbonyl (C=O) groups is 2. The molecule has 6 nitrogen and oxygen atoms in total. The van der Waals surface area contributed by atoms with Crippen LogP contribution < -0.4 is 0 Å². The summed E-state index contributed by atoms with van der Waals surface area (Å²) in [6, 6.07) is 0. The van der Waals surface area contributed by atoms with Gasteiger partial charge in [0.1, 0.15) is 17.4 Å². The average Bonchev–Trinajstić information content (AvgIpc) is 2.29. The molecule has 1 rings (SSSR count). The minimum Gasteiger partial charge on any atom is -0.465 e. The molecule has 0 radical (unpaired) electrons. The predicted octanol–water partition coefficient (Wildman–Crippen LogP) is 0.765. The highest BCUT2D eigenvalue weighted by Gasteiger charge is 2.16. The van der Waals surface area contributed by atoms with E-state index in [4.69, 9.17) is 16.3 Å². The number of esters is 1. The maximum Gasteiger partial charge on any atom is 0.325 e. The van der Waals surface area contributed by atoms with Gasteiger partial charge in [0.15, 0.2) is 0 Å². The molecule has 0 saturated heterocycles. The molecule has 7 heteroatoms. The number of likely N-dealkylation sites (N-methyl/N-ethyl adjacent to an activating group) is 1. The lowest BCUT2D eigenvalue weighted by Gasteiger charge is -2.15. The Morgan fingerprint density at radius 1 is 1.41 bits per heavy atom. The minimum atomic E-state index is -0.467. The van der Waals surface area contributed by atoms with Gasteiger partial charge in [0.25, 0.3) is 5.91 Å². The van der Waals surface area contributed by atoms with Crippen molar-refractivity contribution in [2.45, 2.75) is 6.92 Å². The Morgan fingerprint density at radius 2 is 2.12 bits per heavy atom. The van der Waals surface area contributed by atoms with Crippen LogP contribution in [0.4, 0.5) is 0 Å². The first-order valence-electron chi connectivity index (χ1n) is 4.93. The highest BCUT2D eigenvalue weighted by atomic mass is 35.5. The van der Waals surface area contributed by atoms with Gasteiger partial charge in [0, 0.05) is 7.05 Å². The van der Waals surface area contributed by atoms with Crippen molar-refractivity contribution in [3.8, 4) is 0 Å². The summed E-state index contributed by atoms with van der Waals surface area (Å²) in [5, 5.41) is 0.203. The van der Waals surface area contributed by atoms with E-state index in [1.165, 1.54) is 24.3 Å². The highest BCUT2D eigenvalue weighted by Crippen LogP contribution is 2.03. The molecule has 1 aromatic heterocycles. The molecule has 0 saturated carbocycles. The molecular weight excluding hydrogens is 246 g/mol. The van der Waals surface area contributed by atoms with Gasteiger partial charge in [-0.3, -0.25) is 9.59 Å². The fourth-order valence-corrected chi connectivity index (χ4v) is 1.19. The molecule has 17 heavy (non-hydrogen) atoms. The lowest BCUT2D eigenvalue weighted by molar-refractivity contribution is -0.143. The first kappa shape index (κ1) is 13.4. The van der Waals surface area contributed by atoms with Crippen molar-refractivity contribution >= 4 is 23.5 Å². The Hall–Kier alpha value is -1.69. The van der Waals surface area contributed by atoms with Gasteiger partial charge >= 0.3 is 5.97 Å². The summed E-state index contributed by atoms with van der Waals surface area (Å²) in [7, 11) is 1.48. The smallest absolute Gasteiger partial charge is 0.325 e.